The van der Waals surface area contributed by atoms with Crippen LogP contribution in [0.5, 0.6) is 0 Å². The van der Waals surface area contributed by atoms with E-state index in [2.05, 4.69) is 10.2 Å². The Hall–Kier alpha value is -0.610. The molecule has 2 aliphatic heterocycles. The molecule has 4 nitrogen and oxygen atoms in total. The topological polar surface area (TPSA) is 63.8 Å². The largest absolute Gasteiger partial charge is 0.412 e. The number of carbonyl (C=O) groups excluding carboxylic acids is 1. The molecule has 2 rings (SSSR count). The van der Waals surface area contributed by atoms with E-state index in [4.69, 9.17) is 0 Å². The van der Waals surface area contributed by atoms with Crippen LogP contribution in [0.2, 0.25) is 0 Å². The highest BCUT2D eigenvalue weighted by Gasteiger charge is 2.23. The van der Waals surface area contributed by atoms with E-state index in [-0.39, 0.29) is 5.48 Å². The first-order chi connectivity index (χ1) is 6.36. The molecule has 0 aliphatic carbocycles. The molecule has 2 saturated heterocycles. The summed E-state index contributed by atoms with van der Waals surface area (Å²) in [5.74, 6) is 1.13. The summed E-state index contributed by atoms with van der Waals surface area (Å²) in [5.41, 5.74) is 0. The van der Waals surface area contributed by atoms with Crippen molar-refractivity contribution in [3.05, 3.63) is 0 Å². The summed E-state index contributed by atoms with van der Waals surface area (Å²) >= 11 is 0. The van der Waals surface area contributed by atoms with Crippen LogP contribution in [0.15, 0.2) is 0 Å². The Morgan fingerprint density at radius 3 is 2.64 bits per heavy atom. The van der Waals surface area contributed by atoms with E-state index in [0.29, 0.717) is 5.91 Å². The van der Waals surface area contributed by atoms with E-state index in [0.717, 1.165) is 44.9 Å². The number of hydrogen-bond donors (Lipinski definition) is 1. The third kappa shape index (κ3) is 2.69. The molecule has 2 fully saturated rings. The number of hydrogen-bond acceptors (Lipinski definition) is 2. The zero-order valence-corrected chi connectivity index (χ0v) is 8.59. The summed E-state index contributed by atoms with van der Waals surface area (Å²) in [6.07, 6.45) is 4.34. The second-order valence-corrected chi connectivity index (χ2v) is 4.14. The van der Waals surface area contributed by atoms with Crippen LogP contribution in [0.4, 0.5) is 0 Å². The van der Waals surface area contributed by atoms with Crippen molar-refractivity contribution in [2.75, 3.05) is 26.2 Å². The van der Waals surface area contributed by atoms with Crippen LogP contribution in [-0.4, -0.2) is 42.5 Å². The van der Waals surface area contributed by atoms with E-state index in [1.807, 2.05) is 0 Å². The highest BCUT2D eigenvalue weighted by molar-refractivity contribution is 5.78. The van der Waals surface area contributed by atoms with Crippen LogP contribution < -0.4 is 5.32 Å². The molecular weight excluding hydrogens is 180 g/mol. The molecule has 14 heavy (non-hydrogen) atoms. The molecule has 0 unspecified atom stereocenters. The maximum absolute atomic E-state index is 11.4. The molecule has 82 valence electrons. The molecule has 0 aromatic rings. The molecule has 0 aromatic carbocycles. The third-order valence-electron chi connectivity index (χ3n) is 3.11. The Balaban J connectivity index is 0.000000980. The predicted octanol–water partition coefficient (Wildman–Crippen LogP) is -0.216. The number of carbonyl (C=O) groups is 1. The minimum absolute atomic E-state index is 0. The molecule has 2 heterocycles. The fourth-order valence-electron chi connectivity index (χ4n) is 2.27. The zero-order valence-electron chi connectivity index (χ0n) is 8.59. The summed E-state index contributed by atoms with van der Waals surface area (Å²) in [4.78, 5) is 13.4. The lowest BCUT2D eigenvalue weighted by Gasteiger charge is -2.27. The first-order valence-corrected chi connectivity index (χ1v) is 5.35. The van der Waals surface area contributed by atoms with Crippen LogP contribution in [0.3, 0.4) is 0 Å². The molecule has 1 amide bonds. The highest BCUT2D eigenvalue weighted by Crippen LogP contribution is 2.17. The monoisotopic (exact) mass is 200 g/mol. The molecule has 4 heteroatoms. The fraction of sp³-hybridized carbons (Fsp3) is 0.900. The molecule has 0 aromatic heterocycles. The molecule has 3 N–H and O–H groups in total. The second-order valence-electron chi connectivity index (χ2n) is 4.14. The second kappa shape index (κ2) is 5.32. The van der Waals surface area contributed by atoms with E-state index < -0.39 is 0 Å². The summed E-state index contributed by atoms with van der Waals surface area (Å²) < 4.78 is 0. The third-order valence-corrected chi connectivity index (χ3v) is 3.11. The SMILES string of the molecule is O.O=C1CCCN1CC1CCNCC1. The normalized spacial score (nSPS) is 23.7. The van der Waals surface area contributed by atoms with Gasteiger partial charge in [-0.15, -0.1) is 0 Å². The van der Waals surface area contributed by atoms with Gasteiger partial charge in [-0.2, -0.15) is 0 Å². The number of nitrogens with one attached hydrogen (secondary N) is 1. The van der Waals surface area contributed by atoms with Crippen molar-refractivity contribution < 1.29 is 10.3 Å². The predicted molar refractivity (Wildman–Crippen MR) is 55.0 cm³/mol. The Morgan fingerprint density at radius 1 is 1.36 bits per heavy atom. The molecule has 0 bridgehead atoms. The molecule has 2 aliphatic rings. The average Bonchev–Trinajstić information content (AvgIpc) is 2.54. The lowest BCUT2D eigenvalue weighted by molar-refractivity contribution is -0.128. The first kappa shape index (κ1) is 11.5. The van der Waals surface area contributed by atoms with Crippen LogP contribution in [0.25, 0.3) is 0 Å². The van der Waals surface area contributed by atoms with Crippen molar-refractivity contribution in [2.45, 2.75) is 25.7 Å². The van der Waals surface area contributed by atoms with E-state index in [9.17, 15) is 4.79 Å². The van der Waals surface area contributed by atoms with Crippen LogP contribution in [0, 0.1) is 5.92 Å². The van der Waals surface area contributed by atoms with Gasteiger partial charge in [0.2, 0.25) is 5.91 Å². The van der Waals surface area contributed by atoms with E-state index in [1.54, 1.807) is 0 Å². The van der Waals surface area contributed by atoms with Gasteiger partial charge in [-0.1, -0.05) is 0 Å². The zero-order chi connectivity index (χ0) is 9.10. The standard InChI is InChI=1S/C10H18N2O.H2O/c13-10-2-1-7-12(10)8-9-3-5-11-6-4-9;/h9,11H,1-8H2;1H2. The van der Waals surface area contributed by atoms with E-state index >= 15 is 0 Å². The van der Waals surface area contributed by atoms with Gasteiger partial charge in [-0.3, -0.25) is 4.79 Å². The van der Waals surface area contributed by atoms with Crippen molar-refractivity contribution in [2.24, 2.45) is 5.92 Å². The van der Waals surface area contributed by atoms with Gasteiger partial charge in [-0.05, 0) is 38.3 Å². The summed E-state index contributed by atoms with van der Waals surface area (Å²) in [6.45, 7) is 4.28. The van der Waals surface area contributed by atoms with Crippen LogP contribution in [0.1, 0.15) is 25.7 Å². The Kier molecular flexibility index (Phi) is 4.35. The van der Waals surface area contributed by atoms with E-state index in [1.165, 1.54) is 12.8 Å². The minimum Gasteiger partial charge on any atom is -0.412 e. The maximum atomic E-state index is 11.4. The van der Waals surface area contributed by atoms with Crippen molar-refractivity contribution in [3.8, 4) is 0 Å². The Labute approximate surface area is 85.0 Å². The maximum Gasteiger partial charge on any atom is 0.222 e. The number of likely N-dealkylation sites (tertiary alicyclic amines) is 1. The average molecular weight is 200 g/mol. The quantitative estimate of drug-likeness (QED) is 0.670. The first-order valence-electron chi connectivity index (χ1n) is 5.35. The number of amides is 1. The number of nitrogens with zero attached hydrogens (tertiary/aromatic N) is 1. The summed E-state index contributed by atoms with van der Waals surface area (Å²) in [5, 5.41) is 3.35. The van der Waals surface area contributed by atoms with Gasteiger partial charge in [0, 0.05) is 19.5 Å². The summed E-state index contributed by atoms with van der Waals surface area (Å²) in [7, 11) is 0. The molecule has 0 spiro atoms. The van der Waals surface area contributed by atoms with Crippen molar-refractivity contribution >= 4 is 5.91 Å². The molecule has 0 saturated carbocycles. The summed E-state index contributed by atoms with van der Waals surface area (Å²) in [6, 6.07) is 0. The van der Waals surface area contributed by atoms with Crippen LogP contribution >= 0.6 is 0 Å². The van der Waals surface area contributed by atoms with Gasteiger partial charge in [0.05, 0.1) is 0 Å². The Bertz CT molecular complexity index is 191. The van der Waals surface area contributed by atoms with Gasteiger partial charge in [-0.25, -0.2) is 0 Å². The number of piperidine rings is 1. The smallest absolute Gasteiger partial charge is 0.222 e. The number of rotatable bonds is 2. The van der Waals surface area contributed by atoms with Gasteiger partial charge in [0.1, 0.15) is 0 Å². The molecule has 0 radical (unpaired) electrons. The lowest BCUT2D eigenvalue weighted by atomic mass is 9.98. The van der Waals surface area contributed by atoms with Crippen molar-refractivity contribution in [3.63, 3.8) is 0 Å². The van der Waals surface area contributed by atoms with Crippen molar-refractivity contribution in [1.29, 1.82) is 0 Å². The van der Waals surface area contributed by atoms with Gasteiger partial charge in [0.15, 0.2) is 0 Å². The van der Waals surface area contributed by atoms with Crippen LogP contribution in [-0.2, 0) is 4.79 Å². The van der Waals surface area contributed by atoms with Gasteiger partial charge < -0.3 is 15.7 Å². The van der Waals surface area contributed by atoms with Crippen molar-refractivity contribution in [1.82, 2.24) is 10.2 Å². The Morgan fingerprint density at radius 2 is 2.07 bits per heavy atom. The van der Waals surface area contributed by atoms with Gasteiger partial charge >= 0.3 is 0 Å². The molecule has 0 atom stereocenters. The highest BCUT2D eigenvalue weighted by atomic mass is 16.2. The van der Waals surface area contributed by atoms with Gasteiger partial charge in [0.25, 0.3) is 0 Å². The molecular formula is C10H20N2O2. The lowest BCUT2D eigenvalue weighted by Crippen LogP contribution is -2.36. The minimum atomic E-state index is 0. The fourth-order valence-corrected chi connectivity index (χ4v) is 2.27.